The van der Waals surface area contributed by atoms with Gasteiger partial charge in [-0.05, 0) is 66.9 Å². The van der Waals surface area contributed by atoms with Gasteiger partial charge in [-0.1, -0.05) is 48.0 Å². The summed E-state index contributed by atoms with van der Waals surface area (Å²) in [5, 5.41) is 3.87. The Bertz CT molecular complexity index is 1510. The van der Waals surface area contributed by atoms with Crippen molar-refractivity contribution in [2.45, 2.75) is 20.4 Å². The molecule has 0 unspecified atom stereocenters. The van der Waals surface area contributed by atoms with E-state index in [2.05, 4.69) is 9.88 Å². The Hall–Kier alpha value is -4.16. The third-order valence-corrected chi connectivity index (χ3v) is 6.20. The number of hydrogen-bond donors (Lipinski definition) is 1. The van der Waals surface area contributed by atoms with E-state index >= 15 is 0 Å². The molecule has 0 aliphatic carbocycles. The van der Waals surface area contributed by atoms with Crippen LogP contribution in [0.1, 0.15) is 22.3 Å². The first kappa shape index (κ1) is 22.6. The quantitative estimate of drug-likeness (QED) is 0.302. The van der Waals surface area contributed by atoms with E-state index in [1.165, 1.54) is 0 Å². The second kappa shape index (κ2) is 8.89. The Morgan fingerprint density at radius 1 is 0.914 bits per heavy atom. The highest BCUT2D eigenvalue weighted by molar-refractivity contribution is 6.39. The van der Waals surface area contributed by atoms with Crippen molar-refractivity contribution in [1.82, 2.24) is 9.88 Å². The predicted molar refractivity (Wildman–Crippen MR) is 137 cm³/mol. The molecule has 1 fully saturated rings. The minimum atomic E-state index is -0.757. The standard InChI is InChI=1S/C28H22ClN3O3/c1-17-11-18(2)13-22(12-17)32-27(34)24(26(33)30-28(32)35)14-20-16-31(25-6-4-3-5-23(20)25)15-19-7-9-21(29)10-8-19/h3-14,16H,15H2,1-2H3,(H,30,33,35)/b24-14+. The largest absolute Gasteiger partial charge is 0.342 e. The molecule has 7 heteroatoms. The minimum absolute atomic E-state index is 0.0989. The topological polar surface area (TPSA) is 71.4 Å². The summed E-state index contributed by atoms with van der Waals surface area (Å²) in [4.78, 5) is 39.8. The van der Waals surface area contributed by atoms with Gasteiger partial charge >= 0.3 is 6.03 Å². The average Bonchev–Trinajstić information content (AvgIpc) is 3.14. The molecule has 0 spiro atoms. The van der Waals surface area contributed by atoms with E-state index in [4.69, 9.17) is 11.6 Å². The summed E-state index contributed by atoms with van der Waals surface area (Å²) in [6, 6.07) is 20.1. The van der Waals surface area contributed by atoms with Gasteiger partial charge in [0.05, 0.1) is 5.69 Å². The van der Waals surface area contributed by atoms with E-state index in [-0.39, 0.29) is 5.57 Å². The molecule has 174 valence electrons. The Morgan fingerprint density at radius 3 is 2.31 bits per heavy atom. The first-order chi connectivity index (χ1) is 16.8. The van der Waals surface area contributed by atoms with Crippen LogP contribution in [0, 0.1) is 13.8 Å². The molecule has 1 aliphatic rings. The fourth-order valence-electron chi connectivity index (χ4n) is 4.43. The van der Waals surface area contributed by atoms with Crippen molar-refractivity contribution in [3.63, 3.8) is 0 Å². The summed E-state index contributed by atoms with van der Waals surface area (Å²) in [5.74, 6) is -1.37. The lowest BCUT2D eigenvalue weighted by molar-refractivity contribution is -0.122. The highest BCUT2D eigenvalue weighted by atomic mass is 35.5. The van der Waals surface area contributed by atoms with Gasteiger partial charge in [0, 0.05) is 34.2 Å². The number of nitrogens with zero attached hydrogens (tertiary/aromatic N) is 2. The first-order valence-corrected chi connectivity index (χ1v) is 11.5. The van der Waals surface area contributed by atoms with Crippen LogP contribution < -0.4 is 10.2 Å². The van der Waals surface area contributed by atoms with Crippen LogP contribution in [0.3, 0.4) is 0 Å². The van der Waals surface area contributed by atoms with E-state index in [9.17, 15) is 14.4 Å². The van der Waals surface area contributed by atoms with Crippen molar-refractivity contribution in [2.24, 2.45) is 0 Å². The molecule has 4 amide bonds. The Balaban J connectivity index is 1.57. The van der Waals surface area contributed by atoms with E-state index in [1.54, 1.807) is 18.2 Å². The van der Waals surface area contributed by atoms with Gasteiger partial charge in [-0.25, -0.2) is 9.69 Å². The predicted octanol–water partition coefficient (Wildman–Crippen LogP) is 5.63. The average molecular weight is 484 g/mol. The normalized spacial score (nSPS) is 15.2. The number of anilines is 1. The number of benzene rings is 3. The molecule has 5 rings (SSSR count). The van der Waals surface area contributed by atoms with E-state index in [0.717, 1.165) is 32.5 Å². The summed E-state index contributed by atoms with van der Waals surface area (Å²) in [5.41, 5.74) is 4.88. The fourth-order valence-corrected chi connectivity index (χ4v) is 4.56. The van der Waals surface area contributed by atoms with Gasteiger partial charge in [0.1, 0.15) is 5.57 Å². The van der Waals surface area contributed by atoms with Crippen molar-refractivity contribution in [3.05, 3.63) is 106 Å². The van der Waals surface area contributed by atoms with Gasteiger partial charge in [0.15, 0.2) is 0 Å². The number of rotatable bonds is 4. The first-order valence-electron chi connectivity index (χ1n) is 11.1. The second-order valence-electron chi connectivity index (χ2n) is 8.66. The van der Waals surface area contributed by atoms with Crippen LogP contribution in [0.15, 0.2) is 78.5 Å². The monoisotopic (exact) mass is 483 g/mol. The molecule has 1 aromatic heterocycles. The maximum absolute atomic E-state index is 13.4. The molecule has 1 aliphatic heterocycles. The molecule has 0 atom stereocenters. The maximum atomic E-state index is 13.4. The molecule has 35 heavy (non-hydrogen) atoms. The number of fused-ring (bicyclic) bond motifs is 1. The zero-order valence-electron chi connectivity index (χ0n) is 19.2. The fraction of sp³-hybridized carbons (Fsp3) is 0.107. The number of imide groups is 2. The number of aryl methyl sites for hydroxylation is 2. The molecule has 2 heterocycles. The third kappa shape index (κ3) is 4.36. The minimum Gasteiger partial charge on any atom is -0.342 e. The highest BCUT2D eigenvalue weighted by Crippen LogP contribution is 2.28. The Morgan fingerprint density at radius 2 is 1.60 bits per heavy atom. The molecule has 1 saturated heterocycles. The number of halogens is 1. The zero-order valence-corrected chi connectivity index (χ0v) is 20.0. The van der Waals surface area contributed by atoms with Crippen LogP contribution >= 0.6 is 11.6 Å². The van der Waals surface area contributed by atoms with Crippen LogP contribution in [-0.4, -0.2) is 22.4 Å². The van der Waals surface area contributed by atoms with Crippen molar-refractivity contribution >= 4 is 52.1 Å². The smallest absolute Gasteiger partial charge is 0.335 e. The van der Waals surface area contributed by atoms with Gasteiger partial charge in [-0.3, -0.25) is 14.9 Å². The molecular weight excluding hydrogens is 462 g/mol. The summed E-state index contributed by atoms with van der Waals surface area (Å²) >= 11 is 6.02. The second-order valence-corrected chi connectivity index (χ2v) is 9.10. The van der Waals surface area contributed by atoms with Gasteiger partial charge in [-0.15, -0.1) is 0 Å². The van der Waals surface area contributed by atoms with E-state index in [0.29, 0.717) is 22.8 Å². The van der Waals surface area contributed by atoms with Crippen LogP contribution in [-0.2, 0) is 16.1 Å². The van der Waals surface area contributed by atoms with Crippen LogP contribution in [0.4, 0.5) is 10.5 Å². The number of carbonyl (C=O) groups excluding carboxylic acids is 3. The number of amides is 4. The lowest BCUT2D eigenvalue weighted by atomic mass is 10.0. The molecular formula is C28H22ClN3O3. The number of nitrogens with one attached hydrogen (secondary N) is 1. The molecule has 4 aromatic rings. The number of urea groups is 1. The third-order valence-electron chi connectivity index (χ3n) is 5.95. The molecule has 0 bridgehead atoms. The SMILES string of the molecule is Cc1cc(C)cc(N2C(=O)NC(=O)/C(=C\c3cn(Cc4ccc(Cl)cc4)c4ccccc34)C2=O)c1. The number of carbonyl (C=O) groups is 3. The highest BCUT2D eigenvalue weighted by Gasteiger charge is 2.37. The van der Waals surface area contributed by atoms with Crippen LogP contribution in [0.25, 0.3) is 17.0 Å². The van der Waals surface area contributed by atoms with Gasteiger partial charge in [-0.2, -0.15) is 0 Å². The van der Waals surface area contributed by atoms with Crippen LogP contribution in [0.2, 0.25) is 5.02 Å². The van der Waals surface area contributed by atoms with E-state index < -0.39 is 17.8 Å². The summed E-state index contributed by atoms with van der Waals surface area (Å²) in [7, 11) is 0. The summed E-state index contributed by atoms with van der Waals surface area (Å²) in [6.45, 7) is 4.37. The maximum Gasteiger partial charge on any atom is 0.335 e. The molecule has 0 radical (unpaired) electrons. The van der Waals surface area contributed by atoms with Crippen molar-refractivity contribution in [1.29, 1.82) is 0 Å². The molecule has 6 nitrogen and oxygen atoms in total. The van der Waals surface area contributed by atoms with Crippen molar-refractivity contribution in [2.75, 3.05) is 4.90 Å². The molecule has 1 N–H and O–H groups in total. The van der Waals surface area contributed by atoms with Gasteiger partial charge in [0.25, 0.3) is 11.8 Å². The van der Waals surface area contributed by atoms with E-state index in [1.807, 2.05) is 74.6 Å². The number of aromatic nitrogens is 1. The number of hydrogen-bond acceptors (Lipinski definition) is 3. The number of para-hydroxylation sites is 1. The summed E-state index contributed by atoms with van der Waals surface area (Å²) < 4.78 is 2.06. The zero-order chi connectivity index (χ0) is 24.7. The van der Waals surface area contributed by atoms with Crippen LogP contribution in [0.5, 0.6) is 0 Å². The van der Waals surface area contributed by atoms with Gasteiger partial charge < -0.3 is 4.57 Å². The van der Waals surface area contributed by atoms with Crippen molar-refractivity contribution < 1.29 is 14.4 Å². The molecule has 3 aromatic carbocycles. The lowest BCUT2D eigenvalue weighted by Crippen LogP contribution is -2.54. The molecule has 0 saturated carbocycles. The Kier molecular flexibility index (Phi) is 5.75. The Labute approximate surface area is 207 Å². The summed E-state index contributed by atoms with van der Waals surface area (Å²) in [6.07, 6.45) is 3.46. The van der Waals surface area contributed by atoms with Gasteiger partial charge in [0.2, 0.25) is 0 Å². The lowest BCUT2D eigenvalue weighted by Gasteiger charge is -2.26. The number of barbiturate groups is 1. The van der Waals surface area contributed by atoms with Crippen molar-refractivity contribution in [3.8, 4) is 0 Å².